The summed E-state index contributed by atoms with van der Waals surface area (Å²) >= 11 is 0. The van der Waals surface area contributed by atoms with Gasteiger partial charge in [-0.05, 0) is 31.2 Å². The molecular weight excluding hydrogens is 158 g/mol. The molecule has 78 valence electrons. The molecule has 2 atom stereocenters. The molecule has 1 fully saturated rings. The summed E-state index contributed by atoms with van der Waals surface area (Å²) in [6, 6.07) is 0.878. The first-order valence-corrected chi connectivity index (χ1v) is 6.01. The predicted molar refractivity (Wildman–Crippen MR) is 58.9 cm³/mol. The van der Waals surface area contributed by atoms with Gasteiger partial charge in [-0.3, -0.25) is 0 Å². The molecule has 1 aliphatic rings. The molecule has 0 spiro atoms. The first-order valence-electron chi connectivity index (χ1n) is 6.01. The average Bonchev–Trinajstić information content (AvgIpc) is 2.89. The van der Waals surface area contributed by atoms with E-state index in [1.807, 2.05) is 0 Å². The van der Waals surface area contributed by atoms with Crippen molar-refractivity contribution >= 4 is 0 Å². The summed E-state index contributed by atoms with van der Waals surface area (Å²) in [5, 5.41) is 3.65. The van der Waals surface area contributed by atoms with Gasteiger partial charge < -0.3 is 5.32 Å². The highest BCUT2D eigenvalue weighted by molar-refractivity contribution is 4.82. The van der Waals surface area contributed by atoms with E-state index in [1.165, 1.54) is 38.6 Å². The van der Waals surface area contributed by atoms with E-state index < -0.39 is 0 Å². The first-order chi connectivity index (χ1) is 6.27. The molecule has 0 aromatic carbocycles. The number of nitrogens with one attached hydrogen (secondary N) is 1. The average molecular weight is 183 g/mol. The molecule has 0 saturated heterocycles. The van der Waals surface area contributed by atoms with Crippen LogP contribution in [-0.2, 0) is 0 Å². The lowest BCUT2D eigenvalue weighted by molar-refractivity contribution is 0.311. The van der Waals surface area contributed by atoms with E-state index in [4.69, 9.17) is 0 Å². The number of hydrogen-bond acceptors (Lipinski definition) is 1. The van der Waals surface area contributed by atoms with E-state index >= 15 is 0 Å². The van der Waals surface area contributed by atoms with E-state index in [2.05, 4.69) is 26.1 Å². The SMILES string of the molecule is CCCC(C)C(CC)CNC1CC1. The Balaban J connectivity index is 2.14. The molecule has 13 heavy (non-hydrogen) atoms. The van der Waals surface area contributed by atoms with Gasteiger partial charge in [-0.2, -0.15) is 0 Å². The third kappa shape index (κ3) is 4.12. The molecule has 2 unspecified atom stereocenters. The lowest BCUT2D eigenvalue weighted by Gasteiger charge is -2.22. The van der Waals surface area contributed by atoms with Crippen molar-refractivity contribution in [1.82, 2.24) is 5.32 Å². The molecule has 1 N–H and O–H groups in total. The third-order valence-electron chi connectivity index (χ3n) is 3.32. The van der Waals surface area contributed by atoms with Crippen molar-refractivity contribution in [2.75, 3.05) is 6.54 Å². The minimum Gasteiger partial charge on any atom is -0.314 e. The molecular formula is C12H25N. The zero-order valence-corrected chi connectivity index (χ0v) is 9.47. The Kier molecular flexibility index (Phi) is 4.79. The summed E-state index contributed by atoms with van der Waals surface area (Å²) in [6.45, 7) is 8.28. The van der Waals surface area contributed by atoms with Crippen LogP contribution in [-0.4, -0.2) is 12.6 Å². The summed E-state index contributed by atoms with van der Waals surface area (Å²) < 4.78 is 0. The van der Waals surface area contributed by atoms with Crippen LogP contribution in [0.5, 0.6) is 0 Å². The van der Waals surface area contributed by atoms with Crippen molar-refractivity contribution in [3.63, 3.8) is 0 Å². The van der Waals surface area contributed by atoms with E-state index in [1.54, 1.807) is 0 Å². The van der Waals surface area contributed by atoms with Crippen LogP contribution in [0.4, 0.5) is 0 Å². The maximum atomic E-state index is 3.65. The van der Waals surface area contributed by atoms with Crippen LogP contribution in [0.3, 0.4) is 0 Å². The highest BCUT2D eigenvalue weighted by Crippen LogP contribution is 2.23. The second kappa shape index (κ2) is 5.64. The van der Waals surface area contributed by atoms with Crippen molar-refractivity contribution in [3.8, 4) is 0 Å². The summed E-state index contributed by atoms with van der Waals surface area (Å²) in [6.07, 6.45) is 6.89. The molecule has 0 aromatic rings. The lowest BCUT2D eigenvalue weighted by Crippen LogP contribution is -2.28. The molecule has 0 heterocycles. The second-order valence-corrected chi connectivity index (χ2v) is 4.62. The van der Waals surface area contributed by atoms with Crippen LogP contribution in [0.15, 0.2) is 0 Å². The molecule has 1 saturated carbocycles. The van der Waals surface area contributed by atoms with E-state index in [0.717, 1.165) is 17.9 Å². The molecule has 0 aliphatic heterocycles. The third-order valence-corrected chi connectivity index (χ3v) is 3.32. The molecule has 0 bridgehead atoms. The zero-order chi connectivity index (χ0) is 9.68. The minimum atomic E-state index is 0.878. The molecule has 0 aromatic heterocycles. The highest BCUT2D eigenvalue weighted by Gasteiger charge is 2.22. The predicted octanol–water partition coefficient (Wildman–Crippen LogP) is 3.20. The normalized spacial score (nSPS) is 21.5. The van der Waals surface area contributed by atoms with Crippen LogP contribution >= 0.6 is 0 Å². The quantitative estimate of drug-likeness (QED) is 0.639. The fraction of sp³-hybridized carbons (Fsp3) is 1.00. The van der Waals surface area contributed by atoms with Gasteiger partial charge in [0, 0.05) is 6.04 Å². The van der Waals surface area contributed by atoms with Crippen LogP contribution in [0.2, 0.25) is 0 Å². The van der Waals surface area contributed by atoms with Gasteiger partial charge in [-0.25, -0.2) is 0 Å². The van der Waals surface area contributed by atoms with E-state index in [-0.39, 0.29) is 0 Å². The lowest BCUT2D eigenvalue weighted by atomic mass is 9.88. The summed E-state index contributed by atoms with van der Waals surface area (Å²) in [7, 11) is 0. The standard InChI is InChI=1S/C12H25N/c1-4-6-10(3)11(5-2)9-13-12-7-8-12/h10-13H,4-9H2,1-3H3. The van der Waals surface area contributed by atoms with Gasteiger partial charge in [0.2, 0.25) is 0 Å². The van der Waals surface area contributed by atoms with Crippen molar-refractivity contribution in [1.29, 1.82) is 0 Å². The molecule has 1 nitrogen and oxygen atoms in total. The fourth-order valence-corrected chi connectivity index (χ4v) is 2.04. The summed E-state index contributed by atoms with van der Waals surface area (Å²) in [5.41, 5.74) is 0. The molecule has 1 heteroatoms. The molecule has 1 aliphatic carbocycles. The largest absolute Gasteiger partial charge is 0.314 e. The van der Waals surface area contributed by atoms with Gasteiger partial charge in [0.05, 0.1) is 0 Å². The maximum Gasteiger partial charge on any atom is 0.00683 e. The van der Waals surface area contributed by atoms with Crippen LogP contribution in [0.1, 0.15) is 52.9 Å². The monoisotopic (exact) mass is 183 g/mol. The van der Waals surface area contributed by atoms with Crippen molar-refractivity contribution < 1.29 is 0 Å². The Morgan fingerprint density at radius 2 is 2.00 bits per heavy atom. The zero-order valence-electron chi connectivity index (χ0n) is 9.47. The Morgan fingerprint density at radius 1 is 1.31 bits per heavy atom. The Morgan fingerprint density at radius 3 is 2.46 bits per heavy atom. The Labute approximate surface area is 83.3 Å². The molecule has 0 radical (unpaired) electrons. The van der Waals surface area contributed by atoms with Crippen molar-refractivity contribution in [2.45, 2.75) is 58.9 Å². The Hall–Kier alpha value is -0.0400. The highest BCUT2D eigenvalue weighted by atomic mass is 14.9. The maximum absolute atomic E-state index is 3.65. The second-order valence-electron chi connectivity index (χ2n) is 4.62. The topological polar surface area (TPSA) is 12.0 Å². The fourth-order valence-electron chi connectivity index (χ4n) is 2.04. The van der Waals surface area contributed by atoms with Gasteiger partial charge in [-0.15, -0.1) is 0 Å². The van der Waals surface area contributed by atoms with Crippen LogP contribution in [0.25, 0.3) is 0 Å². The van der Waals surface area contributed by atoms with E-state index in [0.29, 0.717) is 0 Å². The summed E-state index contributed by atoms with van der Waals surface area (Å²) in [4.78, 5) is 0. The Bertz CT molecular complexity index is 129. The van der Waals surface area contributed by atoms with Crippen molar-refractivity contribution in [2.24, 2.45) is 11.8 Å². The van der Waals surface area contributed by atoms with Gasteiger partial charge in [-0.1, -0.05) is 40.0 Å². The van der Waals surface area contributed by atoms with Crippen molar-refractivity contribution in [3.05, 3.63) is 0 Å². The number of rotatable bonds is 7. The molecule has 0 amide bonds. The van der Waals surface area contributed by atoms with Gasteiger partial charge >= 0.3 is 0 Å². The van der Waals surface area contributed by atoms with Gasteiger partial charge in [0.15, 0.2) is 0 Å². The smallest absolute Gasteiger partial charge is 0.00683 e. The number of hydrogen-bond donors (Lipinski definition) is 1. The van der Waals surface area contributed by atoms with Gasteiger partial charge in [0.1, 0.15) is 0 Å². The molecule has 1 rings (SSSR count). The van der Waals surface area contributed by atoms with Gasteiger partial charge in [0.25, 0.3) is 0 Å². The van der Waals surface area contributed by atoms with E-state index in [9.17, 15) is 0 Å². The summed E-state index contributed by atoms with van der Waals surface area (Å²) in [5.74, 6) is 1.81. The van der Waals surface area contributed by atoms with Crippen LogP contribution < -0.4 is 5.32 Å². The first kappa shape index (κ1) is 11.0. The minimum absolute atomic E-state index is 0.878. The van der Waals surface area contributed by atoms with Crippen LogP contribution in [0, 0.1) is 11.8 Å².